The number of hydrogen-bond donors (Lipinski definition) is 0. The largest absolute Gasteiger partial charge is 0.460 e. The molecule has 152 valence electrons. The molecule has 2 aromatic rings. The molecule has 5 nitrogen and oxygen atoms in total. The summed E-state index contributed by atoms with van der Waals surface area (Å²) in [4.78, 5) is 25.2. The fraction of sp³-hybridized carbons (Fsp3) is 0.565. The van der Waals surface area contributed by atoms with E-state index in [1.165, 1.54) is 5.56 Å². The van der Waals surface area contributed by atoms with Gasteiger partial charge in [0, 0.05) is 11.1 Å². The molecule has 0 fully saturated rings. The number of nitrogens with zero attached hydrogens (tertiary/aromatic N) is 1. The zero-order valence-corrected chi connectivity index (χ0v) is 17.8. The first-order chi connectivity index (χ1) is 12.9. The third-order valence-electron chi connectivity index (χ3n) is 4.68. The molecule has 0 bridgehead atoms. The Morgan fingerprint density at radius 1 is 0.964 bits per heavy atom. The summed E-state index contributed by atoms with van der Waals surface area (Å²) in [5.74, 6) is -0.271. The van der Waals surface area contributed by atoms with Crippen molar-refractivity contribution in [1.82, 2.24) is 4.57 Å². The lowest BCUT2D eigenvalue weighted by Gasteiger charge is -2.22. The number of rotatable bonds is 2. The predicted molar refractivity (Wildman–Crippen MR) is 110 cm³/mol. The quantitative estimate of drug-likeness (QED) is 0.668. The third kappa shape index (κ3) is 4.57. The number of aromatic nitrogens is 1. The Morgan fingerprint density at radius 2 is 1.61 bits per heavy atom. The van der Waals surface area contributed by atoms with Gasteiger partial charge in [-0.1, -0.05) is 12.1 Å². The summed E-state index contributed by atoms with van der Waals surface area (Å²) < 4.78 is 12.8. The van der Waals surface area contributed by atoms with Gasteiger partial charge >= 0.3 is 12.1 Å². The van der Waals surface area contributed by atoms with Crippen LogP contribution in [0.15, 0.2) is 18.2 Å². The van der Waals surface area contributed by atoms with Crippen molar-refractivity contribution in [3.8, 4) is 0 Å². The van der Waals surface area contributed by atoms with Gasteiger partial charge in [-0.05, 0) is 84.4 Å². The van der Waals surface area contributed by atoms with E-state index < -0.39 is 11.2 Å². The molecule has 0 N–H and O–H groups in total. The van der Waals surface area contributed by atoms with Gasteiger partial charge < -0.3 is 9.47 Å². The second-order valence-electron chi connectivity index (χ2n) is 9.56. The molecular weight excluding hydrogens is 354 g/mol. The molecule has 0 atom stereocenters. The Labute approximate surface area is 167 Å². The molecule has 0 aliphatic heterocycles. The van der Waals surface area contributed by atoms with Crippen LogP contribution in [-0.4, -0.2) is 27.8 Å². The highest BCUT2D eigenvalue weighted by Gasteiger charge is 2.27. The lowest BCUT2D eigenvalue weighted by Crippen LogP contribution is -2.28. The molecule has 5 heteroatoms. The summed E-state index contributed by atoms with van der Waals surface area (Å²) in [5, 5.41) is 1.08. The van der Waals surface area contributed by atoms with E-state index in [9.17, 15) is 9.59 Å². The fourth-order valence-electron chi connectivity index (χ4n) is 3.76. The van der Waals surface area contributed by atoms with Crippen LogP contribution in [0.4, 0.5) is 4.79 Å². The highest BCUT2D eigenvalue weighted by molar-refractivity contribution is 5.94. The number of carbonyl (C=O) groups excluding carboxylic acids is 2. The van der Waals surface area contributed by atoms with Gasteiger partial charge in [0.15, 0.2) is 0 Å². The van der Waals surface area contributed by atoms with Crippen LogP contribution in [0.2, 0.25) is 0 Å². The van der Waals surface area contributed by atoms with Gasteiger partial charge in [-0.15, -0.1) is 0 Å². The Bertz CT molecular complexity index is 909. The fourth-order valence-corrected chi connectivity index (χ4v) is 3.76. The van der Waals surface area contributed by atoms with Crippen molar-refractivity contribution in [2.45, 2.75) is 84.8 Å². The molecule has 28 heavy (non-hydrogen) atoms. The number of esters is 1. The van der Waals surface area contributed by atoms with Gasteiger partial charge in [-0.25, -0.2) is 9.36 Å². The summed E-state index contributed by atoms with van der Waals surface area (Å²) in [5.41, 5.74) is 2.85. The topological polar surface area (TPSA) is 57.5 Å². The molecule has 1 aromatic heterocycles. The second-order valence-corrected chi connectivity index (χ2v) is 9.56. The first-order valence-electron chi connectivity index (χ1n) is 10.0. The van der Waals surface area contributed by atoms with Crippen LogP contribution in [-0.2, 0) is 33.5 Å². The molecule has 1 aromatic carbocycles. The zero-order chi connectivity index (χ0) is 20.7. The molecule has 0 spiro atoms. The molecule has 0 unspecified atom stereocenters. The van der Waals surface area contributed by atoms with Crippen molar-refractivity contribution in [1.29, 1.82) is 0 Å². The van der Waals surface area contributed by atoms with Crippen molar-refractivity contribution in [2.24, 2.45) is 0 Å². The Morgan fingerprint density at radius 3 is 2.25 bits per heavy atom. The van der Waals surface area contributed by atoms with Gasteiger partial charge in [0.1, 0.15) is 11.2 Å². The number of carbonyl (C=O) groups is 2. The number of aryl methyl sites for hydroxylation is 1. The maximum absolute atomic E-state index is 13.0. The van der Waals surface area contributed by atoms with Crippen LogP contribution in [0.5, 0.6) is 0 Å². The molecular formula is C23H31NO4. The zero-order valence-electron chi connectivity index (χ0n) is 17.8. The molecule has 3 rings (SSSR count). The summed E-state index contributed by atoms with van der Waals surface area (Å²) in [6.07, 6.45) is 3.85. The smallest absolute Gasteiger partial charge is 0.419 e. The average molecular weight is 386 g/mol. The standard InChI is InChI=1S/C23H31NO4/c1-22(2,3)27-20(25)14-15-11-12-17-16-9-7-8-10-18(16)24(19(17)13-15)21(26)28-23(4,5)6/h11-13H,7-10,14H2,1-6H3. The van der Waals surface area contributed by atoms with Crippen molar-refractivity contribution in [2.75, 3.05) is 0 Å². The summed E-state index contributed by atoms with van der Waals surface area (Å²) in [6, 6.07) is 5.92. The minimum atomic E-state index is -0.566. The van der Waals surface area contributed by atoms with Crippen molar-refractivity contribution < 1.29 is 19.1 Å². The van der Waals surface area contributed by atoms with E-state index in [0.29, 0.717) is 0 Å². The number of ether oxygens (including phenoxy) is 2. The lowest BCUT2D eigenvalue weighted by atomic mass is 9.95. The maximum Gasteiger partial charge on any atom is 0.419 e. The number of fused-ring (bicyclic) bond motifs is 3. The molecule has 1 aliphatic carbocycles. The summed E-state index contributed by atoms with van der Waals surface area (Å²) in [6.45, 7) is 11.2. The first kappa shape index (κ1) is 20.4. The van der Waals surface area contributed by atoms with E-state index >= 15 is 0 Å². The Hall–Kier alpha value is -2.30. The molecule has 1 heterocycles. The van der Waals surface area contributed by atoms with Crippen molar-refractivity contribution in [3.05, 3.63) is 35.0 Å². The molecule has 0 amide bonds. The van der Waals surface area contributed by atoms with Crippen LogP contribution in [0, 0.1) is 0 Å². The minimum Gasteiger partial charge on any atom is -0.460 e. The molecule has 0 saturated carbocycles. The van der Waals surface area contributed by atoms with E-state index in [2.05, 4.69) is 0 Å². The van der Waals surface area contributed by atoms with E-state index in [4.69, 9.17) is 9.47 Å². The van der Waals surface area contributed by atoms with Crippen molar-refractivity contribution >= 4 is 23.0 Å². The van der Waals surface area contributed by atoms with Crippen LogP contribution >= 0.6 is 0 Å². The lowest BCUT2D eigenvalue weighted by molar-refractivity contribution is -0.153. The number of benzene rings is 1. The van der Waals surface area contributed by atoms with Gasteiger partial charge in [0.05, 0.1) is 11.9 Å². The summed E-state index contributed by atoms with van der Waals surface area (Å²) >= 11 is 0. The predicted octanol–water partition coefficient (Wildman–Crippen LogP) is 5.19. The van der Waals surface area contributed by atoms with Crippen LogP contribution in [0.25, 0.3) is 10.9 Å². The Kier molecular flexibility index (Phi) is 5.30. The maximum atomic E-state index is 13.0. The third-order valence-corrected chi connectivity index (χ3v) is 4.68. The number of hydrogen-bond acceptors (Lipinski definition) is 4. The van der Waals surface area contributed by atoms with Crippen LogP contribution in [0.3, 0.4) is 0 Å². The van der Waals surface area contributed by atoms with E-state index in [-0.39, 0.29) is 18.5 Å². The highest BCUT2D eigenvalue weighted by atomic mass is 16.6. The van der Waals surface area contributed by atoms with Crippen molar-refractivity contribution in [3.63, 3.8) is 0 Å². The molecule has 1 aliphatic rings. The van der Waals surface area contributed by atoms with Gasteiger partial charge in [0.25, 0.3) is 0 Å². The van der Waals surface area contributed by atoms with Gasteiger partial charge in [-0.2, -0.15) is 0 Å². The highest BCUT2D eigenvalue weighted by Crippen LogP contribution is 2.33. The Balaban J connectivity index is 2.02. The van der Waals surface area contributed by atoms with E-state index in [1.807, 2.05) is 59.7 Å². The monoisotopic (exact) mass is 385 g/mol. The second kappa shape index (κ2) is 7.26. The normalized spacial score (nSPS) is 14.6. The van der Waals surface area contributed by atoms with Gasteiger partial charge in [-0.3, -0.25) is 4.79 Å². The minimum absolute atomic E-state index is 0.178. The van der Waals surface area contributed by atoms with E-state index in [1.54, 1.807) is 4.57 Å². The first-order valence-corrected chi connectivity index (χ1v) is 10.0. The SMILES string of the molecule is CC(C)(C)OC(=O)Cc1ccc2c3c(n(C(=O)OC(C)(C)C)c2c1)CCCC3. The van der Waals surface area contributed by atoms with E-state index in [0.717, 1.165) is 47.8 Å². The average Bonchev–Trinajstić information content (AvgIpc) is 2.85. The van der Waals surface area contributed by atoms with Crippen LogP contribution < -0.4 is 0 Å². The van der Waals surface area contributed by atoms with Crippen LogP contribution in [0.1, 0.15) is 71.2 Å². The summed E-state index contributed by atoms with van der Waals surface area (Å²) in [7, 11) is 0. The molecule has 0 saturated heterocycles. The van der Waals surface area contributed by atoms with Gasteiger partial charge in [0.2, 0.25) is 0 Å². The molecule has 0 radical (unpaired) electrons.